The van der Waals surface area contributed by atoms with Crippen LogP contribution in [0, 0.1) is 5.21 Å². The van der Waals surface area contributed by atoms with Gasteiger partial charge >= 0.3 is 29.6 Å². The number of rotatable bonds is 3. The zero-order chi connectivity index (χ0) is 14.5. The van der Waals surface area contributed by atoms with Gasteiger partial charge in [0.15, 0.2) is 5.82 Å². The summed E-state index contributed by atoms with van der Waals surface area (Å²) < 4.78 is 0. The molecule has 0 unspecified atom stereocenters. The van der Waals surface area contributed by atoms with E-state index < -0.39 is 0 Å². The molecule has 22 heavy (non-hydrogen) atoms. The summed E-state index contributed by atoms with van der Waals surface area (Å²) in [5.41, 5.74) is 3.28. The van der Waals surface area contributed by atoms with E-state index in [1.807, 2.05) is 60.7 Å². The van der Waals surface area contributed by atoms with Crippen molar-refractivity contribution in [1.82, 2.24) is 9.97 Å². The van der Waals surface area contributed by atoms with Gasteiger partial charge in [0.1, 0.15) is 0 Å². The molecular weight excluding hydrogens is 287 g/mol. The molecular formula is C16H11N4NaO. The third-order valence-electron chi connectivity index (χ3n) is 3.00. The Morgan fingerprint density at radius 2 is 1.32 bits per heavy atom. The number of benzene rings is 2. The molecule has 0 aliphatic carbocycles. The molecule has 0 radical (unpaired) electrons. The molecule has 0 fully saturated rings. The van der Waals surface area contributed by atoms with Gasteiger partial charge in [0.05, 0.1) is 17.6 Å². The van der Waals surface area contributed by atoms with Crippen LogP contribution in [0.1, 0.15) is 0 Å². The molecule has 1 heterocycles. The van der Waals surface area contributed by atoms with Crippen LogP contribution in [-0.2, 0) is 0 Å². The first-order valence-electron chi connectivity index (χ1n) is 6.40. The molecule has 5 nitrogen and oxygen atoms in total. The third-order valence-corrected chi connectivity index (χ3v) is 3.00. The molecule has 0 saturated carbocycles. The molecule has 3 aromatic rings. The maximum Gasteiger partial charge on any atom is 1.00 e. The van der Waals surface area contributed by atoms with E-state index in [4.69, 9.17) is 0 Å². The Morgan fingerprint density at radius 1 is 0.773 bits per heavy atom. The first-order valence-corrected chi connectivity index (χ1v) is 6.40. The maximum absolute atomic E-state index is 10.3. The molecule has 3 rings (SSSR count). The molecule has 0 aliphatic heterocycles. The van der Waals surface area contributed by atoms with Gasteiger partial charge in [-0.05, 0) is 0 Å². The summed E-state index contributed by atoms with van der Waals surface area (Å²) in [7, 11) is 0. The predicted octanol–water partition coefficient (Wildman–Crippen LogP) is 1.40. The molecule has 1 aromatic heterocycles. The van der Waals surface area contributed by atoms with E-state index in [0.717, 1.165) is 16.8 Å². The SMILES string of the molecule is [Na+].[O-]/N=N/c1cnc(-c2ccccc2)c(-c2ccccc2)n1. The van der Waals surface area contributed by atoms with Gasteiger partial charge in [-0.15, -0.1) is 5.11 Å². The van der Waals surface area contributed by atoms with Crippen molar-refractivity contribution in [3.8, 4) is 22.5 Å². The second-order valence-electron chi connectivity index (χ2n) is 4.34. The van der Waals surface area contributed by atoms with Crippen molar-refractivity contribution in [2.45, 2.75) is 0 Å². The monoisotopic (exact) mass is 298 g/mol. The van der Waals surface area contributed by atoms with Crippen LogP contribution < -0.4 is 29.6 Å². The van der Waals surface area contributed by atoms with E-state index in [-0.39, 0.29) is 35.4 Å². The molecule has 6 heteroatoms. The normalized spacial score (nSPS) is 10.4. The number of hydrogen-bond acceptors (Lipinski definition) is 5. The van der Waals surface area contributed by atoms with Crippen LogP contribution in [0.4, 0.5) is 5.82 Å². The summed E-state index contributed by atoms with van der Waals surface area (Å²) >= 11 is 0. The Hall–Kier alpha value is -2.08. The van der Waals surface area contributed by atoms with Crippen LogP contribution in [0.2, 0.25) is 0 Å². The van der Waals surface area contributed by atoms with E-state index in [0.29, 0.717) is 5.69 Å². The summed E-state index contributed by atoms with van der Waals surface area (Å²) in [6.45, 7) is 0. The average Bonchev–Trinajstić information content (AvgIpc) is 2.57. The Kier molecular flexibility index (Phi) is 5.77. The van der Waals surface area contributed by atoms with E-state index in [9.17, 15) is 5.21 Å². The molecule has 0 atom stereocenters. The smallest absolute Gasteiger partial charge is 0.775 e. The van der Waals surface area contributed by atoms with E-state index in [1.165, 1.54) is 6.20 Å². The molecule has 0 spiro atoms. The summed E-state index contributed by atoms with van der Waals surface area (Å²) in [4.78, 5) is 8.77. The minimum atomic E-state index is 0. The summed E-state index contributed by atoms with van der Waals surface area (Å²) in [5.74, 6) is 0.198. The van der Waals surface area contributed by atoms with Crippen LogP contribution >= 0.6 is 0 Å². The van der Waals surface area contributed by atoms with Gasteiger partial charge in [-0.25, -0.2) is 15.2 Å². The Bertz CT molecular complexity index is 764. The zero-order valence-corrected chi connectivity index (χ0v) is 14.0. The minimum Gasteiger partial charge on any atom is -0.775 e. The standard InChI is InChI=1S/C16H12N4O.Na/c21-20-19-14-11-17-15(12-7-3-1-4-8-12)16(18-14)13-9-5-2-6-10-13;/h1-11H,(H,18,19,21);/q;+1/p-1. The van der Waals surface area contributed by atoms with Crippen LogP contribution in [0.25, 0.3) is 22.5 Å². The van der Waals surface area contributed by atoms with Crippen molar-refractivity contribution in [2.24, 2.45) is 10.4 Å². The second-order valence-corrected chi connectivity index (χ2v) is 4.34. The topological polar surface area (TPSA) is 73.6 Å². The van der Waals surface area contributed by atoms with Gasteiger partial charge in [0, 0.05) is 11.1 Å². The summed E-state index contributed by atoms with van der Waals surface area (Å²) in [6, 6.07) is 19.4. The number of aromatic nitrogens is 2. The van der Waals surface area contributed by atoms with Crippen molar-refractivity contribution in [3.05, 3.63) is 72.1 Å². The minimum absolute atomic E-state index is 0. The van der Waals surface area contributed by atoms with Gasteiger partial charge < -0.3 is 5.21 Å². The number of nitrogens with zero attached hydrogens (tertiary/aromatic N) is 4. The molecule has 0 bridgehead atoms. The molecule has 2 aromatic carbocycles. The van der Waals surface area contributed by atoms with Crippen molar-refractivity contribution in [1.29, 1.82) is 0 Å². The average molecular weight is 298 g/mol. The maximum atomic E-state index is 10.3. The third kappa shape index (κ3) is 3.57. The van der Waals surface area contributed by atoms with Gasteiger partial charge in [-0.2, -0.15) is 0 Å². The van der Waals surface area contributed by atoms with E-state index in [2.05, 4.69) is 20.4 Å². The van der Waals surface area contributed by atoms with Crippen LogP contribution in [0.5, 0.6) is 0 Å². The Labute approximate surface area is 150 Å². The summed E-state index contributed by atoms with van der Waals surface area (Å²) in [6.07, 6.45) is 1.44. The molecule has 102 valence electrons. The van der Waals surface area contributed by atoms with Crippen LogP contribution in [0.15, 0.2) is 77.3 Å². The van der Waals surface area contributed by atoms with Crippen LogP contribution in [0.3, 0.4) is 0 Å². The van der Waals surface area contributed by atoms with E-state index >= 15 is 0 Å². The molecule has 0 aliphatic rings. The predicted molar refractivity (Wildman–Crippen MR) is 80.8 cm³/mol. The Morgan fingerprint density at radius 3 is 1.86 bits per heavy atom. The molecule has 0 amide bonds. The van der Waals surface area contributed by atoms with Crippen molar-refractivity contribution < 1.29 is 29.6 Å². The van der Waals surface area contributed by atoms with Crippen molar-refractivity contribution in [2.75, 3.05) is 0 Å². The van der Waals surface area contributed by atoms with Gasteiger partial charge in [-0.3, -0.25) is 0 Å². The van der Waals surface area contributed by atoms with Gasteiger partial charge in [-0.1, -0.05) is 60.7 Å². The molecule has 0 saturated heterocycles. The Balaban J connectivity index is 0.00000176. The zero-order valence-electron chi connectivity index (χ0n) is 12.0. The van der Waals surface area contributed by atoms with Gasteiger partial charge in [0.25, 0.3) is 0 Å². The largest absolute Gasteiger partial charge is 1.00 e. The van der Waals surface area contributed by atoms with Gasteiger partial charge in [0.2, 0.25) is 0 Å². The quantitative estimate of drug-likeness (QED) is 0.417. The van der Waals surface area contributed by atoms with E-state index in [1.54, 1.807) is 0 Å². The molecule has 0 N–H and O–H groups in total. The fraction of sp³-hybridized carbons (Fsp3) is 0. The van der Waals surface area contributed by atoms with Crippen molar-refractivity contribution in [3.63, 3.8) is 0 Å². The second kappa shape index (κ2) is 7.79. The van der Waals surface area contributed by atoms with Crippen LogP contribution in [-0.4, -0.2) is 9.97 Å². The first-order chi connectivity index (χ1) is 10.4. The van der Waals surface area contributed by atoms with Crippen molar-refractivity contribution >= 4 is 5.82 Å². The number of hydrogen-bond donors (Lipinski definition) is 0. The first kappa shape index (κ1) is 16.3. The fourth-order valence-electron chi connectivity index (χ4n) is 2.07. The summed E-state index contributed by atoms with van der Waals surface area (Å²) in [5, 5.41) is 16.2. The fourth-order valence-corrected chi connectivity index (χ4v) is 2.07.